The molecule has 1 N–H and O–H groups in total. The standard InChI is InChI=1S/C17H22N2O5/c1-18-11-17(24-16(18)22)7-4-8-19(12-17)9-13-5-2-3-6-14(13)23-10-15(20)21/h2-3,5-6H,4,7-12H2,1H3,(H,20,21). The van der Waals surface area contributed by atoms with Gasteiger partial charge in [0.15, 0.2) is 6.61 Å². The molecule has 1 spiro atoms. The number of likely N-dealkylation sites (N-methyl/N-ethyl adjacent to an activating group) is 1. The fourth-order valence-electron chi connectivity index (χ4n) is 3.49. The number of carbonyl (C=O) groups is 2. The number of rotatable bonds is 5. The summed E-state index contributed by atoms with van der Waals surface area (Å²) in [5.74, 6) is -0.414. The predicted octanol–water partition coefficient (Wildman–Crippen LogP) is 1.57. The van der Waals surface area contributed by atoms with E-state index in [0.717, 1.165) is 24.9 Å². The van der Waals surface area contributed by atoms with Crippen LogP contribution in [0, 0.1) is 0 Å². The Morgan fingerprint density at radius 1 is 1.38 bits per heavy atom. The normalized spacial score (nSPS) is 24.2. The molecule has 7 nitrogen and oxygen atoms in total. The number of ether oxygens (including phenoxy) is 2. The van der Waals surface area contributed by atoms with E-state index in [9.17, 15) is 9.59 Å². The summed E-state index contributed by atoms with van der Waals surface area (Å²) >= 11 is 0. The third kappa shape index (κ3) is 3.62. The molecule has 0 bridgehead atoms. The molecule has 2 fully saturated rings. The Morgan fingerprint density at radius 2 is 2.17 bits per heavy atom. The first-order valence-electron chi connectivity index (χ1n) is 8.06. The van der Waals surface area contributed by atoms with Gasteiger partial charge in [0.25, 0.3) is 0 Å². The number of amides is 1. The number of piperidine rings is 1. The van der Waals surface area contributed by atoms with Gasteiger partial charge >= 0.3 is 12.1 Å². The summed E-state index contributed by atoms with van der Waals surface area (Å²) in [6.45, 7) is 2.48. The first-order chi connectivity index (χ1) is 11.5. The number of para-hydroxylation sites is 1. The van der Waals surface area contributed by atoms with Gasteiger partial charge in [0.05, 0.1) is 6.54 Å². The molecule has 1 aromatic carbocycles. The molecule has 3 rings (SSSR count). The molecule has 2 saturated heterocycles. The molecule has 0 aliphatic carbocycles. The van der Waals surface area contributed by atoms with Crippen LogP contribution in [0.15, 0.2) is 24.3 Å². The van der Waals surface area contributed by atoms with Crippen molar-refractivity contribution in [1.29, 1.82) is 0 Å². The lowest BCUT2D eigenvalue weighted by atomic mass is 9.92. The molecule has 24 heavy (non-hydrogen) atoms. The van der Waals surface area contributed by atoms with Gasteiger partial charge in [0.2, 0.25) is 0 Å². The summed E-state index contributed by atoms with van der Waals surface area (Å²) in [5, 5.41) is 8.79. The van der Waals surface area contributed by atoms with Crippen molar-refractivity contribution in [3.05, 3.63) is 29.8 Å². The van der Waals surface area contributed by atoms with Gasteiger partial charge in [-0.05, 0) is 25.5 Å². The van der Waals surface area contributed by atoms with E-state index in [4.69, 9.17) is 14.6 Å². The fraction of sp³-hybridized carbons (Fsp3) is 0.529. The second kappa shape index (κ2) is 6.68. The highest BCUT2D eigenvalue weighted by atomic mass is 16.6. The second-order valence-electron chi connectivity index (χ2n) is 6.51. The van der Waals surface area contributed by atoms with Crippen LogP contribution in [0.1, 0.15) is 18.4 Å². The highest BCUT2D eigenvalue weighted by molar-refractivity contribution is 5.70. The van der Waals surface area contributed by atoms with Crippen LogP contribution in [-0.4, -0.2) is 65.9 Å². The number of benzene rings is 1. The van der Waals surface area contributed by atoms with Crippen molar-refractivity contribution in [2.45, 2.75) is 25.0 Å². The zero-order valence-electron chi connectivity index (χ0n) is 13.7. The lowest BCUT2D eigenvalue weighted by Crippen LogP contribution is -2.50. The minimum absolute atomic E-state index is 0.262. The molecule has 0 aromatic heterocycles. The summed E-state index contributed by atoms with van der Waals surface area (Å²) in [4.78, 5) is 26.3. The first-order valence-corrected chi connectivity index (χ1v) is 8.06. The van der Waals surface area contributed by atoms with Crippen LogP contribution < -0.4 is 4.74 Å². The molecule has 7 heteroatoms. The summed E-state index contributed by atoms with van der Waals surface area (Å²) in [5.41, 5.74) is 0.509. The van der Waals surface area contributed by atoms with Crippen molar-refractivity contribution in [1.82, 2.24) is 9.80 Å². The summed E-state index contributed by atoms with van der Waals surface area (Å²) < 4.78 is 11.0. The number of nitrogens with zero attached hydrogens (tertiary/aromatic N) is 2. The van der Waals surface area contributed by atoms with Gasteiger partial charge in [-0.15, -0.1) is 0 Å². The lowest BCUT2D eigenvalue weighted by Gasteiger charge is -2.38. The minimum atomic E-state index is -0.998. The van der Waals surface area contributed by atoms with Crippen molar-refractivity contribution < 1.29 is 24.2 Å². The number of likely N-dealkylation sites (tertiary alicyclic amines) is 1. The van der Waals surface area contributed by atoms with Gasteiger partial charge in [-0.25, -0.2) is 9.59 Å². The third-order valence-corrected chi connectivity index (χ3v) is 4.48. The number of carboxylic acid groups (broad SMARTS) is 1. The molecule has 1 amide bonds. The fourth-order valence-corrected chi connectivity index (χ4v) is 3.49. The van der Waals surface area contributed by atoms with Crippen LogP contribution in [0.5, 0.6) is 5.75 Å². The van der Waals surface area contributed by atoms with Crippen LogP contribution in [-0.2, 0) is 16.1 Å². The molecular formula is C17H22N2O5. The smallest absolute Gasteiger partial charge is 0.410 e. The maximum atomic E-state index is 11.7. The monoisotopic (exact) mass is 334 g/mol. The Morgan fingerprint density at radius 3 is 2.88 bits per heavy atom. The van der Waals surface area contributed by atoms with Gasteiger partial charge in [-0.2, -0.15) is 0 Å². The van der Waals surface area contributed by atoms with Gasteiger partial charge in [-0.3, -0.25) is 4.90 Å². The molecule has 0 radical (unpaired) electrons. The van der Waals surface area contributed by atoms with Crippen molar-refractivity contribution in [2.24, 2.45) is 0 Å². The van der Waals surface area contributed by atoms with Crippen LogP contribution in [0.3, 0.4) is 0 Å². The van der Waals surface area contributed by atoms with Crippen LogP contribution in [0.25, 0.3) is 0 Å². The Hall–Kier alpha value is -2.28. The highest BCUT2D eigenvalue weighted by Gasteiger charge is 2.46. The van der Waals surface area contributed by atoms with Crippen molar-refractivity contribution in [2.75, 3.05) is 33.3 Å². The molecular weight excluding hydrogens is 312 g/mol. The summed E-state index contributed by atoms with van der Waals surface area (Å²) in [6.07, 6.45) is 1.57. The number of hydrogen-bond donors (Lipinski definition) is 1. The van der Waals surface area contributed by atoms with Crippen LogP contribution >= 0.6 is 0 Å². The zero-order valence-corrected chi connectivity index (χ0v) is 13.7. The number of carbonyl (C=O) groups excluding carboxylic acids is 1. The van der Waals surface area contributed by atoms with E-state index in [1.807, 2.05) is 18.2 Å². The van der Waals surface area contributed by atoms with E-state index < -0.39 is 11.6 Å². The van der Waals surface area contributed by atoms with E-state index in [2.05, 4.69) is 4.90 Å². The quantitative estimate of drug-likeness (QED) is 0.880. The van der Waals surface area contributed by atoms with Crippen LogP contribution in [0.4, 0.5) is 4.79 Å². The first kappa shape index (κ1) is 16.6. The number of carboxylic acids is 1. The van der Waals surface area contributed by atoms with Crippen molar-refractivity contribution in [3.8, 4) is 5.75 Å². The van der Waals surface area contributed by atoms with Crippen LogP contribution in [0.2, 0.25) is 0 Å². The maximum Gasteiger partial charge on any atom is 0.410 e. The number of hydrogen-bond acceptors (Lipinski definition) is 5. The Kier molecular flexibility index (Phi) is 4.62. The number of aliphatic carboxylic acids is 1. The predicted molar refractivity (Wildman–Crippen MR) is 85.9 cm³/mol. The average molecular weight is 334 g/mol. The van der Waals surface area contributed by atoms with E-state index in [1.54, 1.807) is 18.0 Å². The van der Waals surface area contributed by atoms with E-state index in [0.29, 0.717) is 25.4 Å². The van der Waals surface area contributed by atoms with Gasteiger partial charge in [0, 0.05) is 25.7 Å². The van der Waals surface area contributed by atoms with E-state index in [-0.39, 0.29) is 12.7 Å². The Labute approximate surface area is 140 Å². The topological polar surface area (TPSA) is 79.3 Å². The maximum absolute atomic E-state index is 11.7. The molecule has 2 aliphatic heterocycles. The SMILES string of the molecule is CN1CC2(CCCN(Cc3ccccc3OCC(=O)O)C2)OC1=O. The average Bonchev–Trinajstić information content (AvgIpc) is 2.80. The molecule has 1 unspecified atom stereocenters. The minimum Gasteiger partial charge on any atom is -0.482 e. The molecule has 130 valence electrons. The lowest BCUT2D eigenvalue weighted by molar-refractivity contribution is -0.139. The molecule has 1 atom stereocenters. The second-order valence-corrected chi connectivity index (χ2v) is 6.51. The van der Waals surface area contributed by atoms with Crippen molar-refractivity contribution >= 4 is 12.1 Å². The highest BCUT2D eigenvalue weighted by Crippen LogP contribution is 2.32. The molecule has 2 heterocycles. The zero-order chi connectivity index (χ0) is 17.2. The van der Waals surface area contributed by atoms with E-state index >= 15 is 0 Å². The molecule has 0 saturated carbocycles. The Balaban J connectivity index is 1.68. The third-order valence-electron chi connectivity index (χ3n) is 4.48. The van der Waals surface area contributed by atoms with E-state index in [1.165, 1.54) is 0 Å². The molecule has 1 aromatic rings. The summed E-state index contributed by atoms with van der Waals surface area (Å²) in [7, 11) is 1.76. The molecule has 2 aliphatic rings. The van der Waals surface area contributed by atoms with Gasteiger partial charge < -0.3 is 19.5 Å². The Bertz CT molecular complexity index is 635. The van der Waals surface area contributed by atoms with Crippen molar-refractivity contribution in [3.63, 3.8) is 0 Å². The van der Waals surface area contributed by atoms with Gasteiger partial charge in [0.1, 0.15) is 11.4 Å². The summed E-state index contributed by atoms with van der Waals surface area (Å²) in [6, 6.07) is 7.45. The largest absolute Gasteiger partial charge is 0.482 e. The van der Waals surface area contributed by atoms with Gasteiger partial charge in [-0.1, -0.05) is 18.2 Å².